The highest BCUT2D eigenvalue weighted by Crippen LogP contribution is 2.29. The van der Waals surface area contributed by atoms with E-state index in [4.69, 9.17) is 23.2 Å². The van der Waals surface area contributed by atoms with Crippen molar-refractivity contribution in [1.82, 2.24) is 19.7 Å². The maximum Gasteiger partial charge on any atom is 0.137 e. The van der Waals surface area contributed by atoms with Crippen LogP contribution in [0.1, 0.15) is 0 Å². The number of aryl methyl sites for hydroxylation is 1. The predicted octanol–water partition coefficient (Wildman–Crippen LogP) is 3.34. The molecule has 4 nitrogen and oxygen atoms in total. The van der Waals surface area contributed by atoms with Crippen molar-refractivity contribution in [3.63, 3.8) is 0 Å². The van der Waals surface area contributed by atoms with Gasteiger partial charge in [0, 0.05) is 24.4 Å². The first-order valence-corrected chi connectivity index (χ1v) is 6.01. The molecule has 0 bridgehead atoms. The Balaban J connectivity index is 2.26. The second kappa shape index (κ2) is 4.23. The van der Waals surface area contributed by atoms with Crippen LogP contribution in [0.4, 0.5) is 0 Å². The zero-order chi connectivity index (χ0) is 12.7. The third-order valence-corrected chi connectivity index (χ3v) is 3.10. The van der Waals surface area contributed by atoms with E-state index in [1.54, 1.807) is 23.0 Å². The zero-order valence-corrected chi connectivity index (χ0v) is 10.9. The Morgan fingerprint density at radius 1 is 1.11 bits per heavy atom. The quantitative estimate of drug-likeness (QED) is 0.642. The number of fused-ring (bicyclic) bond motifs is 1. The van der Waals surface area contributed by atoms with Crippen molar-refractivity contribution in [2.75, 3.05) is 0 Å². The first-order chi connectivity index (χ1) is 8.63. The molecule has 90 valence electrons. The van der Waals surface area contributed by atoms with E-state index < -0.39 is 0 Å². The zero-order valence-electron chi connectivity index (χ0n) is 9.43. The lowest BCUT2D eigenvalue weighted by molar-refractivity contribution is 0.768. The van der Waals surface area contributed by atoms with Crippen LogP contribution in [-0.2, 0) is 7.05 Å². The molecule has 3 aromatic rings. The Kier molecular flexibility index (Phi) is 2.69. The van der Waals surface area contributed by atoms with Gasteiger partial charge in [-0.05, 0) is 18.2 Å². The van der Waals surface area contributed by atoms with Gasteiger partial charge < -0.3 is 0 Å². The number of hydrogen-bond acceptors (Lipinski definition) is 3. The molecule has 18 heavy (non-hydrogen) atoms. The lowest BCUT2D eigenvalue weighted by Crippen LogP contribution is -1.88. The molecule has 0 spiro atoms. The Labute approximate surface area is 113 Å². The Morgan fingerprint density at radius 3 is 2.67 bits per heavy atom. The highest BCUT2D eigenvalue weighted by atomic mass is 35.5. The van der Waals surface area contributed by atoms with E-state index in [0.29, 0.717) is 15.8 Å². The summed E-state index contributed by atoms with van der Waals surface area (Å²) in [6.45, 7) is 0. The second-order valence-electron chi connectivity index (χ2n) is 3.90. The fourth-order valence-corrected chi connectivity index (χ4v) is 2.18. The summed E-state index contributed by atoms with van der Waals surface area (Å²) in [5.41, 5.74) is 3.13. The number of rotatable bonds is 1. The number of hydrogen-bond donors (Lipinski definition) is 0. The summed E-state index contributed by atoms with van der Waals surface area (Å²) in [7, 11) is 1.85. The van der Waals surface area contributed by atoms with Crippen LogP contribution >= 0.6 is 23.2 Å². The molecule has 3 aromatic heterocycles. The summed E-state index contributed by atoms with van der Waals surface area (Å²) in [6, 6.07) is 5.36. The Hall–Kier alpha value is -1.65. The molecular formula is C12H8Cl2N4. The minimum Gasteiger partial charge on any atom is -0.275 e. The molecule has 0 aromatic carbocycles. The molecule has 6 heteroatoms. The minimum atomic E-state index is 0.430. The van der Waals surface area contributed by atoms with Gasteiger partial charge in [0.2, 0.25) is 0 Å². The van der Waals surface area contributed by atoms with Crippen LogP contribution in [0.15, 0.2) is 30.6 Å². The van der Waals surface area contributed by atoms with Gasteiger partial charge in [0.1, 0.15) is 10.3 Å². The van der Waals surface area contributed by atoms with Crippen LogP contribution in [0.2, 0.25) is 10.3 Å². The van der Waals surface area contributed by atoms with Crippen LogP contribution in [0.25, 0.3) is 22.2 Å². The molecule has 0 aliphatic heterocycles. The standard InChI is InChI=1S/C12H8Cl2N4/c1-18-6-7(5-15-18)8-4-10-9(17-12(8)14)2-3-11(13)16-10/h2-6H,1H3. The van der Waals surface area contributed by atoms with Crippen molar-refractivity contribution in [2.45, 2.75) is 0 Å². The van der Waals surface area contributed by atoms with Crippen molar-refractivity contribution in [3.05, 3.63) is 40.9 Å². The normalized spacial score (nSPS) is 11.1. The summed E-state index contributed by atoms with van der Waals surface area (Å²) in [5.74, 6) is 0. The van der Waals surface area contributed by atoms with Gasteiger partial charge in [-0.25, -0.2) is 9.97 Å². The molecule has 0 amide bonds. The second-order valence-corrected chi connectivity index (χ2v) is 4.65. The van der Waals surface area contributed by atoms with Gasteiger partial charge in [0.25, 0.3) is 0 Å². The van der Waals surface area contributed by atoms with Gasteiger partial charge >= 0.3 is 0 Å². The average molecular weight is 279 g/mol. The highest BCUT2D eigenvalue weighted by Gasteiger charge is 2.10. The Bertz CT molecular complexity index is 736. The van der Waals surface area contributed by atoms with E-state index in [1.165, 1.54) is 0 Å². The monoisotopic (exact) mass is 278 g/mol. The van der Waals surface area contributed by atoms with Crippen LogP contribution in [-0.4, -0.2) is 19.7 Å². The van der Waals surface area contributed by atoms with Gasteiger partial charge in [-0.1, -0.05) is 23.2 Å². The molecule has 0 unspecified atom stereocenters. The smallest absolute Gasteiger partial charge is 0.137 e. The third-order valence-electron chi connectivity index (χ3n) is 2.61. The molecule has 0 aliphatic rings. The molecule has 0 radical (unpaired) electrons. The molecule has 3 heterocycles. The number of pyridine rings is 2. The van der Waals surface area contributed by atoms with E-state index in [-0.39, 0.29) is 0 Å². The lowest BCUT2D eigenvalue weighted by Gasteiger charge is -2.03. The molecule has 0 fully saturated rings. The predicted molar refractivity (Wildman–Crippen MR) is 71.8 cm³/mol. The molecule has 3 rings (SSSR count). The van der Waals surface area contributed by atoms with Crippen molar-refractivity contribution in [1.29, 1.82) is 0 Å². The van der Waals surface area contributed by atoms with Crippen molar-refractivity contribution in [2.24, 2.45) is 7.05 Å². The maximum absolute atomic E-state index is 6.18. The van der Waals surface area contributed by atoms with Crippen molar-refractivity contribution >= 4 is 34.2 Å². The summed E-state index contributed by atoms with van der Waals surface area (Å²) < 4.78 is 1.71. The van der Waals surface area contributed by atoms with Gasteiger partial charge in [-0.15, -0.1) is 0 Å². The van der Waals surface area contributed by atoms with E-state index in [0.717, 1.165) is 16.6 Å². The summed E-state index contributed by atoms with van der Waals surface area (Å²) in [6.07, 6.45) is 3.61. The first-order valence-electron chi connectivity index (χ1n) is 5.25. The van der Waals surface area contributed by atoms with Gasteiger partial charge in [0.05, 0.1) is 17.2 Å². The number of aromatic nitrogens is 4. The number of nitrogens with zero attached hydrogens (tertiary/aromatic N) is 4. The molecular weight excluding hydrogens is 271 g/mol. The van der Waals surface area contributed by atoms with Crippen molar-refractivity contribution in [3.8, 4) is 11.1 Å². The van der Waals surface area contributed by atoms with Gasteiger partial charge in [-0.3, -0.25) is 4.68 Å². The van der Waals surface area contributed by atoms with Crippen LogP contribution in [0.3, 0.4) is 0 Å². The molecule has 0 N–H and O–H groups in total. The molecule has 0 aliphatic carbocycles. The average Bonchev–Trinajstić information content (AvgIpc) is 2.75. The third kappa shape index (κ3) is 1.94. The van der Waals surface area contributed by atoms with Crippen molar-refractivity contribution < 1.29 is 0 Å². The van der Waals surface area contributed by atoms with E-state index >= 15 is 0 Å². The SMILES string of the molecule is Cn1cc(-c2cc3nc(Cl)ccc3nc2Cl)cn1. The number of halogens is 2. The van der Waals surface area contributed by atoms with Crippen LogP contribution in [0.5, 0.6) is 0 Å². The summed E-state index contributed by atoms with van der Waals surface area (Å²) >= 11 is 12.1. The van der Waals surface area contributed by atoms with E-state index in [1.807, 2.05) is 19.3 Å². The molecule has 0 saturated heterocycles. The van der Waals surface area contributed by atoms with Gasteiger partial charge in [-0.2, -0.15) is 5.10 Å². The maximum atomic E-state index is 6.18. The lowest BCUT2D eigenvalue weighted by atomic mass is 10.1. The van der Waals surface area contributed by atoms with E-state index in [2.05, 4.69) is 15.1 Å². The molecule has 0 saturated carbocycles. The first kappa shape index (κ1) is 11.4. The minimum absolute atomic E-state index is 0.430. The summed E-state index contributed by atoms with van der Waals surface area (Å²) in [5, 5.41) is 4.98. The highest BCUT2D eigenvalue weighted by molar-refractivity contribution is 6.32. The molecule has 0 atom stereocenters. The largest absolute Gasteiger partial charge is 0.275 e. The summed E-state index contributed by atoms with van der Waals surface area (Å²) in [4.78, 5) is 8.54. The topological polar surface area (TPSA) is 43.6 Å². The Morgan fingerprint density at radius 2 is 1.94 bits per heavy atom. The van der Waals surface area contributed by atoms with Crippen LogP contribution in [0, 0.1) is 0 Å². The van der Waals surface area contributed by atoms with Gasteiger partial charge in [0.15, 0.2) is 0 Å². The fraction of sp³-hybridized carbons (Fsp3) is 0.0833. The van der Waals surface area contributed by atoms with Crippen LogP contribution < -0.4 is 0 Å². The fourth-order valence-electron chi connectivity index (χ4n) is 1.77. The van der Waals surface area contributed by atoms with E-state index in [9.17, 15) is 0 Å².